The number of halogens is 2. The lowest BCUT2D eigenvalue weighted by atomic mass is 9.46. The summed E-state index contributed by atoms with van der Waals surface area (Å²) in [4.78, 5) is 11.7. The normalized spacial score (nSPS) is 29.4. The van der Waals surface area contributed by atoms with Crippen molar-refractivity contribution in [1.29, 1.82) is 0 Å². The zero-order valence-corrected chi connectivity index (χ0v) is 9.83. The van der Waals surface area contributed by atoms with E-state index in [1.165, 1.54) is 0 Å². The van der Waals surface area contributed by atoms with Crippen LogP contribution in [0.2, 0.25) is 0 Å². The Morgan fingerprint density at radius 1 is 1.31 bits per heavy atom. The maximum Gasteiger partial charge on any atom is 0.146 e. The molecule has 0 aliphatic heterocycles. The Labute approximate surface area is 89.1 Å². The van der Waals surface area contributed by atoms with E-state index in [9.17, 15) is 4.79 Å². The molecule has 0 aromatic heterocycles. The maximum absolute atomic E-state index is 11.7. The van der Waals surface area contributed by atoms with E-state index >= 15 is 0 Å². The Morgan fingerprint density at radius 3 is 2.08 bits per heavy atom. The number of Topliss-reactive ketones (excluding diaryl/α,β-unsaturated/α-hetero) is 1. The zero-order chi connectivity index (χ0) is 10.4. The highest BCUT2D eigenvalue weighted by Gasteiger charge is 2.60. The number of allylic oxidation sites excluding steroid dienone is 1. The van der Waals surface area contributed by atoms with Crippen LogP contribution in [0.15, 0.2) is 10.6 Å². The van der Waals surface area contributed by atoms with Gasteiger partial charge in [-0.2, -0.15) is 0 Å². The van der Waals surface area contributed by atoms with Crippen molar-refractivity contribution >= 4 is 29.0 Å². The molecule has 0 amide bonds. The van der Waals surface area contributed by atoms with Gasteiger partial charge in [0.05, 0.1) is 0 Å². The SMILES string of the molecule is CC1(C)C(=O)C(C=C(Cl)Cl)C1(C)C. The molecule has 0 aromatic carbocycles. The third kappa shape index (κ3) is 1.42. The predicted molar refractivity (Wildman–Crippen MR) is 55.8 cm³/mol. The van der Waals surface area contributed by atoms with E-state index in [0.29, 0.717) is 0 Å². The van der Waals surface area contributed by atoms with E-state index in [0.717, 1.165) is 0 Å². The molecule has 0 bridgehead atoms. The summed E-state index contributed by atoms with van der Waals surface area (Å²) in [5, 5.41) is 0. The van der Waals surface area contributed by atoms with Crippen LogP contribution < -0.4 is 0 Å². The molecule has 74 valence electrons. The van der Waals surface area contributed by atoms with Crippen LogP contribution in [0, 0.1) is 16.7 Å². The Hall–Kier alpha value is -0.0100. The summed E-state index contributed by atoms with van der Waals surface area (Å²) in [7, 11) is 0. The summed E-state index contributed by atoms with van der Waals surface area (Å²) >= 11 is 11.1. The minimum atomic E-state index is -0.266. The summed E-state index contributed by atoms with van der Waals surface area (Å²) in [6, 6.07) is 0. The predicted octanol–water partition coefficient (Wildman–Crippen LogP) is 3.56. The van der Waals surface area contributed by atoms with E-state index < -0.39 is 0 Å². The Balaban J connectivity index is 2.95. The molecule has 1 atom stereocenters. The topological polar surface area (TPSA) is 17.1 Å². The third-order valence-corrected chi connectivity index (χ3v) is 3.83. The van der Waals surface area contributed by atoms with Crippen LogP contribution >= 0.6 is 23.2 Å². The highest BCUT2D eigenvalue weighted by atomic mass is 35.5. The second-order valence-corrected chi connectivity index (χ2v) is 5.65. The largest absolute Gasteiger partial charge is 0.298 e. The van der Waals surface area contributed by atoms with Crippen molar-refractivity contribution in [3.63, 3.8) is 0 Å². The minimum Gasteiger partial charge on any atom is -0.298 e. The first-order valence-corrected chi connectivity index (χ1v) is 5.04. The van der Waals surface area contributed by atoms with Gasteiger partial charge in [-0.05, 0) is 11.5 Å². The van der Waals surface area contributed by atoms with Gasteiger partial charge in [-0.1, -0.05) is 50.9 Å². The van der Waals surface area contributed by atoms with Gasteiger partial charge in [0.15, 0.2) is 0 Å². The number of carbonyl (C=O) groups is 1. The van der Waals surface area contributed by atoms with E-state index in [1.54, 1.807) is 6.08 Å². The molecule has 0 saturated heterocycles. The molecule has 0 radical (unpaired) electrons. The van der Waals surface area contributed by atoms with Crippen molar-refractivity contribution in [2.75, 3.05) is 0 Å². The molecular formula is C10H14Cl2O. The van der Waals surface area contributed by atoms with Crippen molar-refractivity contribution < 1.29 is 4.79 Å². The van der Waals surface area contributed by atoms with Crippen LogP contribution in [-0.2, 0) is 4.79 Å². The third-order valence-electron chi connectivity index (χ3n) is 3.58. The lowest BCUT2D eigenvalue weighted by Gasteiger charge is -2.55. The Kier molecular flexibility index (Phi) is 2.55. The summed E-state index contributed by atoms with van der Waals surface area (Å²) in [6.07, 6.45) is 1.64. The second kappa shape index (κ2) is 2.99. The van der Waals surface area contributed by atoms with Crippen LogP contribution in [-0.4, -0.2) is 5.78 Å². The quantitative estimate of drug-likeness (QED) is 0.661. The highest BCUT2D eigenvalue weighted by Crippen LogP contribution is 2.57. The average molecular weight is 221 g/mol. The van der Waals surface area contributed by atoms with Crippen molar-refractivity contribution in [1.82, 2.24) is 0 Å². The summed E-state index contributed by atoms with van der Waals surface area (Å²) in [6.45, 7) is 8.04. The molecule has 0 N–H and O–H groups in total. The first kappa shape index (κ1) is 11.1. The molecule has 1 aliphatic rings. The van der Waals surface area contributed by atoms with Gasteiger partial charge in [-0.15, -0.1) is 0 Å². The van der Waals surface area contributed by atoms with Gasteiger partial charge < -0.3 is 0 Å². The minimum absolute atomic E-state index is 0.0564. The first-order chi connectivity index (χ1) is 5.71. The van der Waals surface area contributed by atoms with Crippen LogP contribution in [0.4, 0.5) is 0 Å². The zero-order valence-electron chi connectivity index (χ0n) is 8.32. The molecule has 1 fully saturated rings. The molecule has 1 unspecified atom stereocenters. The molecule has 0 spiro atoms. The van der Waals surface area contributed by atoms with E-state index in [-0.39, 0.29) is 27.0 Å². The van der Waals surface area contributed by atoms with E-state index in [1.807, 2.05) is 13.8 Å². The van der Waals surface area contributed by atoms with Gasteiger partial charge in [0.2, 0.25) is 0 Å². The molecule has 0 aromatic rings. The lowest BCUT2D eigenvalue weighted by Crippen LogP contribution is -2.59. The van der Waals surface area contributed by atoms with Crippen molar-refractivity contribution in [2.45, 2.75) is 27.7 Å². The number of hydrogen-bond acceptors (Lipinski definition) is 1. The molecule has 1 nitrogen and oxygen atoms in total. The Bertz CT molecular complexity index is 273. The smallest absolute Gasteiger partial charge is 0.146 e. The van der Waals surface area contributed by atoms with E-state index in [2.05, 4.69) is 13.8 Å². The van der Waals surface area contributed by atoms with Crippen molar-refractivity contribution in [2.24, 2.45) is 16.7 Å². The van der Waals surface area contributed by atoms with Gasteiger partial charge >= 0.3 is 0 Å². The fourth-order valence-corrected chi connectivity index (χ4v) is 2.01. The molecular weight excluding hydrogens is 207 g/mol. The standard InChI is InChI=1S/C10H14Cl2O/c1-9(2)6(5-7(11)12)8(13)10(9,3)4/h5-6H,1-4H3. The fraction of sp³-hybridized carbons (Fsp3) is 0.700. The molecule has 3 heteroatoms. The van der Waals surface area contributed by atoms with E-state index in [4.69, 9.17) is 23.2 Å². The summed E-state index contributed by atoms with van der Waals surface area (Å²) in [5.41, 5.74) is -0.323. The summed E-state index contributed by atoms with van der Waals surface area (Å²) < 4.78 is 0.182. The van der Waals surface area contributed by atoms with Gasteiger partial charge in [-0.3, -0.25) is 4.79 Å². The van der Waals surface area contributed by atoms with Gasteiger partial charge in [0.1, 0.15) is 10.3 Å². The number of hydrogen-bond donors (Lipinski definition) is 0. The highest BCUT2D eigenvalue weighted by molar-refractivity contribution is 6.56. The van der Waals surface area contributed by atoms with Gasteiger partial charge in [0.25, 0.3) is 0 Å². The van der Waals surface area contributed by atoms with Crippen LogP contribution in [0.25, 0.3) is 0 Å². The number of ketones is 1. The average Bonchev–Trinajstić information content (AvgIpc) is 1.98. The van der Waals surface area contributed by atoms with Gasteiger partial charge in [-0.25, -0.2) is 0 Å². The molecule has 1 rings (SSSR count). The molecule has 13 heavy (non-hydrogen) atoms. The van der Waals surface area contributed by atoms with Gasteiger partial charge in [0, 0.05) is 11.3 Å². The number of rotatable bonds is 1. The van der Waals surface area contributed by atoms with Crippen LogP contribution in [0.1, 0.15) is 27.7 Å². The second-order valence-electron chi connectivity index (χ2n) is 4.64. The first-order valence-electron chi connectivity index (χ1n) is 4.28. The monoisotopic (exact) mass is 220 g/mol. The van der Waals surface area contributed by atoms with Crippen LogP contribution in [0.3, 0.4) is 0 Å². The Morgan fingerprint density at radius 2 is 1.77 bits per heavy atom. The maximum atomic E-state index is 11.7. The van der Waals surface area contributed by atoms with Crippen molar-refractivity contribution in [3.8, 4) is 0 Å². The number of carbonyl (C=O) groups excluding carboxylic acids is 1. The lowest BCUT2D eigenvalue weighted by molar-refractivity contribution is -0.161. The molecule has 1 aliphatic carbocycles. The fourth-order valence-electron chi connectivity index (χ4n) is 1.76. The molecule has 0 heterocycles. The summed E-state index contributed by atoms with van der Waals surface area (Å²) in [5.74, 6) is 0.0869. The molecule has 1 saturated carbocycles. The van der Waals surface area contributed by atoms with Crippen LogP contribution in [0.5, 0.6) is 0 Å². The van der Waals surface area contributed by atoms with Crippen molar-refractivity contribution in [3.05, 3.63) is 10.6 Å².